The molecule has 2 aliphatic heterocycles. The van der Waals surface area contributed by atoms with Gasteiger partial charge in [0, 0.05) is 12.3 Å². The number of ether oxygens (including phenoxy) is 2. The number of fused-ring (bicyclic) bond motifs is 7. The van der Waals surface area contributed by atoms with E-state index < -0.39 is 0 Å². The molecule has 170 valence electrons. The van der Waals surface area contributed by atoms with Crippen molar-refractivity contribution in [3.05, 3.63) is 0 Å². The average Bonchev–Trinajstić information content (AvgIpc) is 3.16. The fraction of sp³-hybridized carbons (Fsp3) is 1.00. The predicted octanol–water partition coefficient (Wildman–Crippen LogP) is 5.79. The Balaban J connectivity index is 1.26. The lowest BCUT2D eigenvalue weighted by atomic mass is 9.44. The summed E-state index contributed by atoms with van der Waals surface area (Å²) in [4.78, 5) is 0. The van der Waals surface area contributed by atoms with Gasteiger partial charge in [-0.15, -0.1) is 0 Å². The molecule has 1 spiro atoms. The van der Waals surface area contributed by atoms with Crippen LogP contribution < -0.4 is 0 Å². The first-order chi connectivity index (χ1) is 14.3. The zero-order valence-corrected chi connectivity index (χ0v) is 19.7. The Hall–Kier alpha value is -0.120. The van der Waals surface area contributed by atoms with Gasteiger partial charge in [-0.05, 0) is 104 Å². The Bertz CT molecular complexity index is 684. The first kappa shape index (κ1) is 20.5. The summed E-state index contributed by atoms with van der Waals surface area (Å²) in [7, 11) is 0. The average molecular weight is 417 g/mol. The van der Waals surface area contributed by atoms with Crippen LogP contribution in [0.5, 0.6) is 0 Å². The van der Waals surface area contributed by atoms with Crippen LogP contribution in [0.4, 0.5) is 0 Å². The number of hydrogen-bond acceptors (Lipinski definition) is 3. The van der Waals surface area contributed by atoms with Crippen LogP contribution in [-0.4, -0.2) is 29.7 Å². The Morgan fingerprint density at radius 1 is 0.833 bits per heavy atom. The SMILES string of the molecule is CC1CC[C@@]2(OC1)OC1CC3C4CC[C@@H]5CC(O)CC[C@@]5(C)C4CC[C@]3(C)C1C2C. The van der Waals surface area contributed by atoms with Gasteiger partial charge in [-0.2, -0.15) is 0 Å². The van der Waals surface area contributed by atoms with Gasteiger partial charge in [0.25, 0.3) is 0 Å². The third-order valence-corrected chi connectivity index (χ3v) is 11.9. The molecule has 6 fully saturated rings. The fourth-order valence-corrected chi connectivity index (χ4v) is 10.3. The van der Waals surface area contributed by atoms with Crippen molar-refractivity contribution in [3.63, 3.8) is 0 Å². The second-order valence-corrected chi connectivity index (χ2v) is 13.1. The molecule has 0 amide bonds. The van der Waals surface area contributed by atoms with Crippen molar-refractivity contribution in [2.24, 2.45) is 52.3 Å². The zero-order valence-electron chi connectivity index (χ0n) is 19.7. The Morgan fingerprint density at radius 2 is 1.63 bits per heavy atom. The largest absolute Gasteiger partial charge is 0.393 e. The van der Waals surface area contributed by atoms with Crippen LogP contribution in [0.2, 0.25) is 0 Å². The summed E-state index contributed by atoms with van der Waals surface area (Å²) in [6, 6.07) is 0. The second kappa shape index (κ2) is 6.70. The summed E-state index contributed by atoms with van der Waals surface area (Å²) < 4.78 is 13.4. The van der Waals surface area contributed by atoms with E-state index in [1.807, 2.05) is 0 Å². The van der Waals surface area contributed by atoms with E-state index in [2.05, 4.69) is 27.7 Å². The van der Waals surface area contributed by atoms with Gasteiger partial charge in [-0.3, -0.25) is 0 Å². The maximum absolute atomic E-state index is 10.3. The third-order valence-electron chi connectivity index (χ3n) is 11.9. The van der Waals surface area contributed by atoms with Crippen LogP contribution in [0.3, 0.4) is 0 Å². The molecule has 6 rings (SSSR count). The lowest BCUT2D eigenvalue weighted by Gasteiger charge is -2.61. The van der Waals surface area contributed by atoms with Crippen LogP contribution in [-0.2, 0) is 9.47 Å². The maximum atomic E-state index is 10.3. The van der Waals surface area contributed by atoms with Crippen molar-refractivity contribution in [1.29, 1.82) is 0 Å². The second-order valence-electron chi connectivity index (χ2n) is 13.1. The molecular weight excluding hydrogens is 372 g/mol. The molecule has 0 bridgehead atoms. The summed E-state index contributed by atoms with van der Waals surface area (Å²) in [5.41, 5.74) is 0.899. The minimum Gasteiger partial charge on any atom is -0.393 e. The van der Waals surface area contributed by atoms with Gasteiger partial charge in [0.15, 0.2) is 5.79 Å². The van der Waals surface area contributed by atoms with E-state index in [4.69, 9.17) is 9.47 Å². The lowest BCUT2D eigenvalue weighted by Crippen LogP contribution is -2.55. The number of aliphatic hydroxyl groups excluding tert-OH is 1. The molecule has 0 radical (unpaired) electrons. The Morgan fingerprint density at radius 3 is 2.40 bits per heavy atom. The van der Waals surface area contributed by atoms with E-state index in [0.29, 0.717) is 34.7 Å². The van der Waals surface area contributed by atoms with E-state index in [1.165, 1.54) is 44.9 Å². The monoisotopic (exact) mass is 416 g/mol. The van der Waals surface area contributed by atoms with Crippen molar-refractivity contribution in [2.75, 3.05) is 6.61 Å². The molecule has 2 saturated heterocycles. The van der Waals surface area contributed by atoms with Gasteiger partial charge in [0.1, 0.15) is 0 Å². The molecule has 0 aromatic heterocycles. The highest BCUT2D eigenvalue weighted by Gasteiger charge is 2.69. The quantitative estimate of drug-likeness (QED) is 0.543. The normalized spacial score (nSPS) is 62.5. The smallest absolute Gasteiger partial charge is 0.171 e. The first-order valence-corrected chi connectivity index (χ1v) is 13.3. The first-order valence-electron chi connectivity index (χ1n) is 13.3. The van der Waals surface area contributed by atoms with Gasteiger partial charge in [-0.25, -0.2) is 0 Å². The molecule has 4 saturated carbocycles. The summed E-state index contributed by atoms with van der Waals surface area (Å²) in [6.07, 6.45) is 12.9. The molecule has 12 atom stereocenters. The molecule has 3 heteroatoms. The highest BCUT2D eigenvalue weighted by Crippen LogP contribution is 2.71. The molecule has 0 aromatic carbocycles. The van der Waals surface area contributed by atoms with Crippen LogP contribution in [0.15, 0.2) is 0 Å². The summed E-state index contributed by atoms with van der Waals surface area (Å²) >= 11 is 0. The zero-order chi connectivity index (χ0) is 20.9. The van der Waals surface area contributed by atoms with Gasteiger partial charge < -0.3 is 14.6 Å². The van der Waals surface area contributed by atoms with E-state index in [-0.39, 0.29) is 11.9 Å². The molecular formula is C27H44O3. The molecule has 3 nitrogen and oxygen atoms in total. The standard InChI is InChI=1S/C27H44O3/c1-16-7-12-27(29-15-16)17(2)24-23(30-27)14-22-20-6-5-18-13-19(28)8-10-25(18,3)21(20)9-11-26(22,24)4/h16-24,28H,5-15H2,1-4H3/t16?,17?,18-,19?,20?,21?,22?,23?,24?,25-,26+,27-/m1/s1. The fourth-order valence-electron chi connectivity index (χ4n) is 10.3. The molecule has 8 unspecified atom stereocenters. The van der Waals surface area contributed by atoms with Crippen LogP contribution >= 0.6 is 0 Å². The van der Waals surface area contributed by atoms with E-state index in [1.54, 1.807) is 0 Å². The van der Waals surface area contributed by atoms with Crippen LogP contribution in [0, 0.1) is 52.3 Å². The Kier molecular flexibility index (Phi) is 4.58. The summed E-state index contributed by atoms with van der Waals surface area (Å²) in [6.45, 7) is 10.9. The molecule has 0 aromatic rings. The van der Waals surface area contributed by atoms with Gasteiger partial charge in [-0.1, -0.05) is 27.7 Å². The molecule has 1 N–H and O–H groups in total. The Labute approximate surface area is 183 Å². The van der Waals surface area contributed by atoms with Crippen molar-refractivity contribution in [1.82, 2.24) is 0 Å². The third kappa shape index (κ3) is 2.61. The topological polar surface area (TPSA) is 38.7 Å². The van der Waals surface area contributed by atoms with Gasteiger partial charge >= 0.3 is 0 Å². The van der Waals surface area contributed by atoms with Gasteiger partial charge in [0.2, 0.25) is 0 Å². The lowest BCUT2D eigenvalue weighted by molar-refractivity contribution is -0.273. The van der Waals surface area contributed by atoms with E-state index in [9.17, 15) is 5.11 Å². The summed E-state index contributed by atoms with van der Waals surface area (Å²) in [5.74, 6) is 4.93. The van der Waals surface area contributed by atoms with Crippen molar-refractivity contribution >= 4 is 0 Å². The highest BCUT2D eigenvalue weighted by molar-refractivity contribution is 5.15. The molecule has 2 heterocycles. The highest BCUT2D eigenvalue weighted by atomic mass is 16.7. The van der Waals surface area contributed by atoms with Crippen molar-refractivity contribution in [2.45, 2.75) is 110 Å². The number of hydrogen-bond donors (Lipinski definition) is 1. The van der Waals surface area contributed by atoms with Crippen molar-refractivity contribution < 1.29 is 14.6 Å². The van der Waals surface area contributed by atoms with E-state index in [0.717, 1.165) is 49.5 Å². The van der Waals surface area contributed by atoms with Crippen LogP contribution in [0.1, 0.15) is 91.9 Å². The number of aliphatic hydroxyl groups is 1. The summed E-state index contributed by atoms with van der Waals surface area (Å²) in [5, 5.41) is 10.3. The van der Waals surface area contributed by atoms with Gasteiger partial charge in [0.05, 0.1) is 18.8 Å². The molecule has 30 heavy (non-hydrogen) atoms. The molecule has 6 aliphatic rings. The maximum Gasteiger partial charge on any atom is 0.171 e. The molecule has 4 aliphatic carbocycles. The van der Waals surface area contributed by atoms with Crippen LogP contribution in [0.25, 0.3) is 0 Å². The van der Waals surface area contributed by atoms with E-state index >= 15 is 0 Å². The van der Waals surface area contributed by atoms with Crippen molar-refractivity contribution in [3.8, 4) is 0 Å². The number of rotatable bonds is 0. The minimum atomic E-state index is -0.282. The predicted molar refractivity (Wildman–Crippen MR) is 118 cm³/mol. The minimum absolute atomic E-state index is 0.0389.